The summed E-state index contributed by atoms with van der Waals surface area (Å²) in [5.41, 5.74) is 0.255. The molecule has 1 saturated heterocycles. The van der Waals surface area contributed by atoms with E-state index < -0.39 is 14.6 Å². The molecule has 0 aromatic heterocycles. The lowest BCUT2D eigenvalue weighted by atomic mass is 9.73. The van der Waals surface area contributed by atoms with Gasteiger partial charge in [-0.15, -0.1) is 24.0 Å². The lowest BCUT2D eigenvalue weighted by Gasteiger charge is -2.42. The molecule has 0 radical (unpaired) electrons. The van der Waals surface area contributed by atoms with Crippen molar-refractivity contribution in [3.8, 4) is 0 Å². The van der Waals surface area contributed by atoms with E-state index in [4.69, 9.17) is 4.74 Å². The minimum atomic E-state index is -3.13. The first-order valence-corrected chi connectivity index (χ1v) is 12.3. The van der Waals surface area contributed by atoms with Crippen LogP contribution in [-0.2, 0) is 14.6 Å². The number of sulfone groups is 1. The van der Waals surface area contributed by atoms with Crippen LogP contribution in [-0.4, -0.2) is 82.8 Å². The Morgan fingerprint density at radius 2 is 1.72 bits per heavy atom. The van der Waals surface area contributed by atoms with Crippen LogP contribution in [0.4, 0.5) is 0 Å². The molecule has 0 amide bonds. The predicted molar refractivity (Wildman–Crippen MR) is 131 cm³/mol. The molecule has 0 atom stereocenters. The van der Waals surface area contributed by atoms with Gasteiger partial charge in [0, 0.05) is 45.2 Å². The average molecular weight is 545 g/mol. The first kappa shape index (κ1) is 26.9. The van der Waals surface area contributed by atoms with Crippen molar-refractivity contribution in [2.24, 2.45) is 10.4 Å². The van der Waals surface area contributed by atoms with Gasteiger partial charge >= 0.3 is 0 Å². The van der Waals surface area contributed by atoms with Crippen molar-refractivity contribution < 1.29 is 13.2 Å². The molecule has 2 rings (SSSR count). The molecule has 1 aliphatic heterocycles. The fourth-order valence-electron chi connectivity index (χ4n) is 4.03. The summed E-state index contributed by atoms with van der Waals surface area (Å²) in [6, 6.07) is 0. The van der Waals surface area contributed by atoms with Crippen LogP contribution in [0.1, 0.15) is 52.9 Å². The maximum Gasteiger partial charge on any atom is 0.191 e. The van der Waals surface area contributed by atoms with E-state index in [1.54, 1.807) is 27.8 Å². The number of rotatable bonds is 7. The lowest BCUT2D eigenvalue weighted by Crippen LogP contribution is -2.51. The molecule has 0 aromatic rings. The normalized spacial score (nSPS) is 21.3. The van der Waals surface area contributed by atoms with Gasteiger partial charge in [-0.3, -0.25) is 9.89 Å². The fraction of sp³-hybridized carbons (Fsp3) is 0.950. The molecule has 0 unspecified atom stereocenters. The van der Waals surface area contributed by atoms with Crippen molar-refractivity contribution in [2.75, 3.05) is 58.7 Å². The summed E-state index contributed by atoms with van der Waals surface area (Å²) in [6.45, 7) is 11.3. The van der Waals surface area contributed by atoms with E-state index in [0.29, 0.717) is 12.5 Å². The Bertz CT molecular complexity index is 608. The minimum Gasteiger partial charge on any atom is -0.379 e. The summed E-state index contributed by atoms with van der Waals surface area (Å²) < 4.78 is 29.3. The third-order valence-corrected chi connectivity index (χ3v) is 8.64. The molecular formula is C20H41IN4O3S. The van der Waals surface area contributed by atoms with Crippen molar-refractivity contribution >= 4 is 39.8 Å². The number of morpholine rings is 1. The van der Waals surface area contributed by atoms with E-state index >= 15 is 0 Å². The number of halogens is 1. The Labute approximate surface area is 194 Å². The summed E-state index contributed by atoms with van der Waals surface area (Å²) >= 11 is 0. The monoisotopic (exact) mass is 544 g/mol. The first-order valence-electron chi connectivity index (χ1n) is 10.6. The van der Waals surface area contributed by atoms with Gasteiger partial charge < -0.3 is 15.4 Å². The van der Waals surface area contributed by atoms with Crippen molar-refractivity contribution in [1.82, 2.24) is 15.5 Å². The Kier molecular flexibility index (Phi) is 11.2. The third kappa shape index (κ3) is 8.49. The molecule has 0 bridgehead atoms. The molecule has 2 aliphatic rings. The first-order chi connectivity index (χ1) is 13.2. The van der Waals surface area contributed by atoms with Gasteiger partial charge in [0.2, 0.25) is 0 Å². The molecule has 1 aliphatic carbocycles. The Hall–Kier alpha value is -0.130. The molecule has 1 heterocycles. The average Bonchev–Trinajstić information content (AvgIpc) is 2.65. The van der Waals surface area contributed by atoms with Gasteiger partial charge in [-0.05, 0) is 33.6 Å². The molecular weight excluding hydrogens is 503 g/mol. The van der Waals surface area contributed by atoms with Crippen LogP contribution < -0.4 is 10.6 Å². The van der Waals surface area contributed by atoms with Gasteiger partial charge in [-0.25, -0.2) is 8.42 Å². The van der Waals surface area contributed by atoms with Crippen LogP contribution >= 0.6 is 24.0 Å². The Balaban J connectivity index is 0.00000420. The smallest absolute Gasteiger partial charge is 0.191 e. The number of hydrogen-bond donors (Lipinski definition) is 2. The van der Waals surface area contributed by atoms with Crippen LogP contribution in [0.25, 0.3) is 0 Å². The van der Waals surface area contributed by atoms with Crippen LogP contribution in [0.2, 0.25) is 0 Å². The quantitative estimate of drug-likeness (QED) is 0.291. The zero-order valence-corrected chi connectivity index (χ0v) is 21.8. The third-order valence-electron chi connectivity index (χ3n) is 6.03. The highest BCUT2D eigenvalue weighted by Crippen LogP contribution is 2.36. The number of nitrogens with one attached hydrogen (secondary N) is 2. The SMILES string of the molecule is CN=C(NCCS(=O)(=O)C(C)(C)C)NCC1(CN2CCOCC2)CCCCC1.I. The topological polar surface area (TPSA) is 83.0 Å². The van der Waals surface area contributed by atoms with Crippen LogP contribution in [0.15, 0.2) is 4.99 Å². The molecule has 0 spiro atoms. The standard InChI is InChI=1S/C20H40N4O3S.HI/c1-19(2,3)28(25,26)15-10-22-18(21-4)23-16-20(8-6-5-7-9-20)17-24-11-13-27-14-12-24;/h5-17H2,1-4H3,(H2,21,22,23);1H. The Morgan fingerprint density at radius 3 is 2.28 bits per heavy atom. The molecule has 2 N–H and O–H groups in total. The highest BCUT2D eigenvalue weighted by Gasteiger charge is 2.34. The van der Waals surface area contributed by atoms with E-state index in [1.807, 2.05) is 0 Å². The lowest BCUT2D eigenvalue weighted by molar-refractivity contribution is 0.00820. The predicted octanol–water partition coefficient (Wildman–Crippen LogP) is 2.27. The number of hydrogen-bond acceptors (Lipinski definition) is 5. The van der Waals surface area contributed by atoms with Crippen LogP contribution in [0.3, 0.4) is 0 Å². The number of guanidine groups is 1. The van der Waals surface area contributed by atoms with E-state index in [-0.39, 0.29) is 35.1 Å². The number of aliphatic imine (C=N–C) groups is 1. The zero-order valence-electron chi connectivity index (χ0n) is 18.6. The highest BCUT2D eigenvalue weighted by atomic mass is 127. The number of ether oxygens (including phenoxy) is 1. The van der Waals surface area contributed by atoms with Crippen molar-refractivity contribution in [3.63, 3.8) is 0 Å². The summed E-state index contributed by atoms with van der Waals surface area (Å²) in [6.07, 6.45) is 6.34. The Morgan fingerprint density at radius 1 is 1.10 bits per heavy atom. The second kappa shape index (κ2) is 12.0. The molecule has 2 fully saturated rings. The summed E-state index contributed by atoms with van der Waals surface area (Å²) in [4.78, 5) is 6.83. The van der Waals surface area contributed by atoms with Gasteiger partial charge in [0.1, 0.15) is 0 Å². The summed E-state index contributed by atoms with van der Waals surface area (Å²) in [7, 11) is -1.39. The second-order valence-corrected chi connectivity index (χ2v) is 12.1. The maximum atomic E-state index is 12.3. The van der Waals surface area contributed by atoms with E-state index in [2.05, 4.69) is 20.5 Å². The van der Waals surface area contributed by atoms with Crippen molar-refractivity contribution in [1.29, 1.82) is 0 Å². The van der Waals surface area contributed by atoms with Crippen molar-refractivity contribution in [2.45, 2.75) is 57.6 Å². The van der Waals surface area contributed by atoms with E-state index in [1.165, 1.54) is 32.1 Å². The molecule has 7 nitrogen and oxygen atoms in total. The van der Waals surface area contributed by atoms with E-state index in [0.717, 1.165) is 39.4 Å². The van der Waals surface area contributed by atoms with Gasteiger partial charge in [0.15, 0.2) is 15.8 Å². The number of nitrogens with zero attached hydrogens (tertiary/aromatic N) is 2. The van der Waals surface area contributed by atoms with Crippen LogP contribution in [0.5, 0.6) is 0 Å². The van der Waals surface area contributed by atoms with Gasteiger partial charge in [-0.1, -0.05) is 19.3 Å². The zero-order chi connectivity index (χ0) is 20.7. The van der Waals surface area contributed by atoms with E-state index in [9.17, 15) is 8.42 Å². The molecule has 9 heteroatoms. The summed E-state index contributed by atoms with van der Waals surface area (Å²) in [5.74, 6) is 0.798. The highest BCUT2D eigenvalue weighted by molar-refractivity contribution is 14.0. The van der Waals surface area contributed by atoms with Gasteiger partial charge in [0.25, 0.3) is 0 Å². The maximum absolute atomic E-state index is 12.3. The second-order valence-electron chi connectivity index (χ2n) is 9.23. The molecule has 1 saturated carbocycles. The summed E-state index contributed by atoms with van der Waals surface area (Å²) in [5, 5.41) is 6.66. The van der Waals surface area contributed by atoms with Gasteiger partial charge in [0.05, 0.1) is 23.7 Å². The minimum absolute atomic E-state index is 0. The van der Waals surface area contributed by atoms with Crippen molar-refractivity contribution in [3.05, 3.63) is 0 Å². The largest absolute Gasteiger partial charge is 0.379 e. The van der Waals surface area contributed by atoms with Gasteiger partial charge in [-0.2, -0.15) is 0 Å². The fourth-order valence-corrected chi connectivity index (χ4v) is 5.01. The molecule has 172 valence electrons. The molecule has 0 aromatic carbocycles. The molecule has 29 heavy (non-hydrogen) atoms. The van der Waals surface area contributed by atoms with Crippen LogP contribution in [0, 0.1) is 5.41 Å².